The molecule has 0 fully saturated rings. The van der Waals surface area contributed by atoms with Crippen LogP contribution in [-0.4, -0.2) is 16.3 Å². The van der Waals surface area contributed by atoms with Crippen molar-refractivity contribution < 1.29 is 22.1 Å². The number of rotatable bonds is 3. The van der Waals surface area contributed by atoms with Gasteiger partial charge in [-0.05, 0) is 6.92 Å². The second-order valence-corrected chi connectivity index (χ2v) is 2.21. The molecule has 0 aliphatic carbocycles. The summed E-state index contributed by atoms with van der Waals surface area (Å²) in [5.41, 5.74) is 0. The molecular weight excluding hydrogens is 164 g/mol. The average molecular weight is 177 g/mol. The number of aliphatic hydroxyl groups is 1. The molecule has 0 spiro atoms. The molecule has 11 heavy (non-hydrogen) atoms. The van der Waals surface area contributed by atoms with Crippen molar-refractivity contribution in [2.24, 2.45) is 0 Å². The van der Waals surface area contributed by atoms with Gasteiger partial charge in [0.2, 0.25) is 6.33 Å². The molecule has 0 saturated heterocycles. The van der Waals surface area contributed by atoms with E-state index in [0.29, 0.717) is 6.54 Å². The fourth-order valence-corrected chi connectivity index (χ4v) is 0.874. The molecule has 1 aromatic heterocycles. The summed E-state index contributed by atoms with van der Waals surface area (Å²) in [7, 11) is 0. The number of imidazole rings is 1. The lowest BCUT2D eigenvalue weighted by atomic mass is 10.7. The zero-order valence-electron chi connectivity index (χ0n) is 6.57. The van der Waals surface area contributed by atoms with Crippen LogP contribution in [0.5, 0.6) is 0 Å². The molecule has 0 unspecified atom stereocenters. The molecule has 0 aromatic carbocycles. The van der Waals surface area contributed by atoms with Crippen LogP contribution in [0.25, 0.3) is 0 Å². The first-order chi connectivity index (χ1) is 4.86. The summed E-state index contributed by atoms with van der Waals surface area (Å²) >= 11 is 0. The van der Waals surface area contributed by atoms with Crippen molar-refractivity contribution in [3.8, 4) is 0 Å². The molecule has 0 aliphatic rings. The fraction of sp³-hybridized carbons (Fsp3) is 0.571. The van der Waals surface area contributed by atoms with Crippen LogP contribution < -0.4 is 17.0 Å². The van der Waals surface area contributed by atoms with E-state index < -0.39 is 0 Å². The van der Waals surface area contributed by atoms with Crippen LogP contribution >= 0.6 is 0 Å². The van der Waals surface area contributed by atoms with Crippen molar-refractivity contribution in [3.63, 3.8) is 0 Å². The molecule has 0 amide bonds. The lowest BCUT2D eigenvalue weighted by Gasteiger charge is -1.88. The number of halogens is 1. The third kappa shape index (κ3) is 2.91. The van der Waals surface area contributed by atoms with Crippen LogP contribution in [0.15, 0.2) is 18.7 Å². The molecule has 64 valence electrons. The summed E-state index contributed by atoms with van der Waals surface area (Å²) in [5.74, 6) is 0. The minimum atomic E-state index is 0. The van der Waals surface area contributed by atoms with Gasteiger partial charge >= 0.3 is 0 Å². The van der Waals surface area contributed by atoms with Gasteiger partial charge in [0.1, 0.15) is 18.9 Å². The smallest absolute Gasteiger partial charge is 0.243 e. The van der Waals surface area contributed by atoms with E-state index in [2.05, 4.69) is 11.5 Å². The highest BCUT2D eigenvalue weighted by Crippen LogP contribution is 1.81. The fourth-order valence-electron chi connectivity index (χ4n) is 0.874. The summed E-state index contributed by atoms with van der Waals surface area (Å²) < 4.78 is 4.03. The third-order valence-corrected chi connectivity index (χ3v) is 1.47. The normalized spacial score (nSPS) is 9.27. The molecule has 1 heterocycles. The van der Waals surface area contributed by atoms with Crippen molar-refractivity contribution in [2.45, 2.75) is 20.0 Å². The number of hydrogen-bond acceptors (Lipinski definition) is 1. The van der Waals surface area contributed by atoms with Gasteiger partial charge in [-0.1, -0.05) is 0 Å². The SMILES string of the molecule is CCn1cc[n+](CCO)c1.[Cl-]. The Kier molecular flexibility index (Phi) is 4.90. The van der Waals surface area contributed by atoms with Crippen LogP contribution in [0.1, 0.15) is 6.92 Å². The van der Waals surface area contributed by atoms with Crippen LogP contribution in [0.4, 0.5) is 0 Å². The Hall–Kier alpha value is -0.540. The molecule has 0 atom stereocenters. The molecule has 1 aromatic rings. The Bertz CT molecular complexity index is 200. The Morgan fingerprint density at radius 1 is 1.55 bits per heavy atom. The summed E-state index contributed by atoms with van der Waals surface area (Å²) in [6.07, 6.45) is 5.94. The first-order valence-electron chi connectivity index (χ1n) is 3.52. The number of nitrogens with zero attached hydrogens (tertiary/aromatic N) is 2. The second kappa shape index (κ2) is 5.16. The average Bonchev–Trinajstić information content (AvgIpc) is 2.37. The number of aliphatic hydroxyl groups excluding tert-OH is 1. The lowest BCUT2D eigenvalue weighted by molar-refractivity contribution is -0.697. The standard InChI is InChI=1S/C7H13N2O.ClH/c1-2-8-3-4-9(7-8)5-6-10;/h3-4,7,10H,2,5-6H2,1H3;1H/q+1;/p-1. The van der Waals surface area contributed by atoms with Crippen LogP contribution in [0, 0.1) is 0 Å². The van der Waals surface area contributed by atoms with Crippen LogP contribution in [0.2, 0.25) is 0 Å². The van der Waals surface area contributed by atoms with Crippen molar-refractivity contribution in [1.29, 1.82) is 0 Å². The quantitative estimate of drug-likeness (QED) is 0.483. The van der Waals surface area contributed by atoms with E-state index in [1.807, 2.05) is 23.3 Å². The molecule has 4 heteroatoms. The highest BCUT2D eigenvalue weighted by Gasteiger charge is 1.98. The molecule has 1 N–H and O–H groups in total. The number of hydrogen-bond donors (Lipinski definition) is 1. The number of aromatic nitrogens is 2. The largest absolute Gasteiger partial charge is 1.00 e. The summed E-state index contributed by atoms with van der Waals surface area (Å²) in [6, 6.07) is 0. The van der Waals surface area contributed by atoms with E-state index in [-0.39, 0.29) is 19.0 Å². The van der Waals surface area contributed by atoms with E-state index in [4.69, 9.17) is 5.11 Å². The Morgan fingerprint density at radius 3 is 2.73 bits per heavy atom. The molecule has 3 nitrogen and oxygen atoms in total. The highest BCUT2D eigenvalue weighted by molar-refractivity contribution is 4.64. The van der Waals surface area contributed by atoms with Crippen molar-refractivity contribution in [1.82, 2.24) is 4.57 Å². The van der Waals surface area contributed by atoms with Gasteiger partial charge in [0.25, 0.3) is 0 Å². The van der Waals surface area contributed by atoms with Crippen molar-refractivity contribution in [3.05, 3.63) is 18.7 Å². The maximum absolute atomic E-state index is 8.57. The van der Waals surface area contributed by atoms with Gasteiger partial charge in [-0.2, -0.15) is 0 Å². The first kappa shape index (κ1) is 10.5. The molecule has 0 saturated carbocycles. The first-order valence-corrected chi connectivity index (χ1v) is 3.52. The minimum Gasteiger partial charge on any atom is -1.00 e. The molecule has 0 radical (unpaired) electrons. The van der Waals surface area contributed by atoms with Crippen LogP contribution in [-0.2, 0) is 13.1 Å². The van der Waals surface area contributed by atoms with Gasteiger partial charge in [-0.15, -0.1) is 0 Å². The number of aryl methyl sites for hydroxylation is 1. The minimum absolute atomic E-state index is 0. The monoisotopic (exact) mass is 176 g/mol. The Labute approximate surface area is 72.7 Å². The van der Waals surface area contributed by atoms with Gasteiger partial charge in [0.15, 0.2) is 0 Å². The van der Waals surface area contributed by atoms with E-state index in [9.17, 15) is 0 Å². The zero-order chi connectivity index (χ0) is 7.40. The van der Waals surface area contributed by atoms with E-state index in [1.165, 1.54) is 0 Å². The van der Waals surface area contributed by atoms with Crippen molar-refractivity contribution in [2.75, 3.05) is 6.61 Å². The topological polar surface area (TPSA) is 29.0 Å². The Morgan fingerprint density at radius 2 is 2.27 bits per heavy atom. The van der Waals surface area contributed by atoms with Gasteiger partial charge in [-0.3, -0.25) is 0 Å². The molecular formula is C7H13ClN2O. The second-order valence-electron chi connectivity index (χ2n) is 2.21. The molecule has 0 aliphatic heterocycles. The van der Waals surface area contributed by atoms with Gasteiger partial charge in [0.05, 0.1) is 13.2 Å². The zero-order valence-corrected chi connectivity index (χ0v) is 7.33. The van der Waals surface area contributed by atoms with E-state index in [0.717, 1.165) is 6.54 Å². The lowest BCUT2D eigenvalue weighted by Crippen LogP contribution is -3.00. The van der Waals surface area contributed by atoms with Gasteiger partial charge in [-0.25, -0.2) is 9.13 Å². The Balaban J connectivity index is 0.000001000. The highest BCUT2D eigenvalue weighted by atomic mass is 35.5. The summed E-state index contributed by atoms with van der Waals surface area (Å²) in [4.78, 5) is 0. The summed E-state index contributed by atoms with van der Waals surface area (Å²) in [5, 5.41) is 8.57. The predicted octanol–water partition coefficient (Wildman–Crippen LogP) is -3.21. The van der Waals surface area contributed by atoms with E-state index in [1.54, 1.807) is 0 Å². The van der Waals surface area contributed by atoms with Gasteiger partial charge < -0.3 is 17.5 Å². The predicted molar refractivity (Wildman–Crippen MR) is 37.4 cm³/mol. The maximum atomic E-state index is 8.57. The third-order valence-electron chi connectivity index (χ3n) is 1.47. The van der Waals surface area contributed by atoms with Gasteiger partial charge in [0, 0.05) is 0 Å². The maximum Gasteiger partial charge on any atom is 0.243 e. The van der Waals surface area contributed by atoms with Crippen LogP contribution in [0.3, 0.4) is 0 Å². The molecule has 0 bridgehead atoms. The molecule has 1 rings (SSSR count). The van der Waals surface area contributed by atoms with Crippen molar-refractivity contribution >= 4 is 0 Å². The van der Waals surface area contributed by atoms with E-state index >= 15 is 0 Å². The summed E-state index contributed by atoms with van der Waals surface area (Å²) in [6.45, 7) is 3.97.